The fourth-order valence-corrected chi connectivity index (χ4v) is 2.18. The molecule has 0 unspecified atom stereocenters. The number of ether oxygens (including phenoxy) is 1. The van der Waals surface area contributed by atoms with Crippen molar-refractivity contribution in [1.29, 1.82) is 0 Å². The molecule has 4 heteroatoms. The molecule has 0 bridgehead atoms. The number of hydrogen-bond donors (Lipinski definition) is 0. The molecule has 0 aliphatic rings. The number of carbonyl (C=O) groups excluding carboxylic acids is 1. The largest absolute Gasteiger partial charge is 0.497 e. The summed E-state index contributed by atoms with van der Waals surface area (Å²) in [6.07, 6.45) is 0.487. The Bertz CT molecular complexity index is 626. The zero-order valence-corrected chi connectivity index (χ0v) is 11.8. The molecule has 0 aliphatic carbocycles. The van der Waals surface area contributed by atoms with E-state index in [1.807, 2.05) is 24.3 Å². The molecule has 0 aliphatic heterocycles. The smallest absolute Gasteiger partial charge is 0.141 e. The topological polar surface area (TPSA) is 26.3 Å². The van der Waals surface area contributed by atoms with Crippen LogP contribution in [0.2, 0.25) is 5.02 Å². The van der Waals surface area contributed by atoms with Gasteiger partial charge in [-0.05, 0) is 35.4 Å². The van der Waals surface area contributed by atoms with Gasteiger partial charge in [0.15, 0.2) is 0 Å². The van der Waals surface area contributed by atoms with Crippen molar-refractivity contribution in [2.24, 2.45) is 0 Å². The van der Waals surface area contributed by atoms with E-state index in [-0.39, 0.29) is 17.2 Å². The summed E-state index contributed by atoms with van der Waals surface area (Å²) >= 11 is 5.91. The summed E-state index contributed by atoms with van der Waals surface area (Å²) < 4.78 is 18.0. The second-order valence-corrected chi connectivity index (χ2v) is 4.89. The minimum Gasteiger partial charge on any atom is -0.497 e. The maximum absolute atomic E-state index is 12.9. The van der Waals surface area contributed by atoms with Crippen molar-refractivity contribution >= 4 is 17.4 Å². The summed E-state index contributed by atoms with van der Waals surface area (Å²) in [5, 5.41) is 0.281. The van der Waals surface area contributed by atoms with Gasteiger partial charge >= 0.3 is 0 Å². The third-order valence-electron chi connectivity index (χ3n) is 2.94. The lowest BCUT2D eigenvalue weighted by atomic mass is 10.0. The van der Waals surface area contributed by atoms with Gasteiger partial charge in [-0.2, -0.15) is 0 Å². The summed E-state index contributed by atoms with van der Waals surface area (Å²) in [7, 11) is 1.58. The molecule has 0 amide bonds. The molecule has 0 radical (unpaired) electrons. The van der Waals surface area contributed by atoms with Gasteiger partial charge in [0.25, 0.3) is 0 Å². The molecular weight excluding hydrogens is 279 g/mol. The lowest BCUT2D eigenvalue weighted by Crippen LogP contribution is -2.07. The third-order valence-corrected chi connectivity index (χ3v) is 3.29. The van der Waals surface area contributed by atoms with Crippen molar-refractivity contribution in [2.45, 2.75) is 12.8 Å². The highest BCUT2D eigenvalue weighted by atomic mass is 35.5. The standard InChI is InChI=1S/C16H14ClFO2/c1-20-15-4-2-3-11(8-15)7-14(19)9-12-5-6-13(18)10-16(12)17/h2-6,8,10H,7,9H2,1H3. The van der Waals surface area contributed by atoms with Crippen LogP contribution < -0.4 is 4.74 Å². The van der Waals surface area contributed by atoms with Crippen LogP contribution >= 0.6 is 11.6 Å². The lowest BCUT2D eigenvalue weighted by Gasteiger charge is -2.06. The first kappa shape index (κ1) is 14.5. The average molecular weight is 293 g/mol. The molecule has 0 aromatic heterocycles. The Morgan fingerprint density at radius 3 is 2.70 bits per heavy atom. The van der Waals surface area contributed by atoms with Crippen molar-refractivity contribution in [3.05, 3.63) is 64.4 Å². The number of halogens is 2. The van der Waals surface area contributed by atoms with Gasteiger partial charge in [0, 0.05) is 17.9 Å². The average Bonchev–Trinajstić information content (AvgIpc) is 2.42. The summed E-state index contributed by atoms with van der Waals surface area (Å²) in [4.78, 5) is 12.0. The van der Waals surface area contributed by atoms with Crippen LogP contribution in [0.1, 0.15) is 11.1 Å². The Kier molecular flexibility index (Phi) is 4.74. The summed E-state index contributed by atoms with van der Waals surface area (Å²) in [6, 6.07) is 11.4. The molecule has 0 heterocycles. The van der Waals surface area contributed by atoms with Crippen LogP contribution in [-0.4, -0.2) is 12.9 Å². The predicted molar refractivity (Wildman–Crippen MR) is 76.8 cm³/mol. The molecule has 0 saturated carbocycles. The normalized spacial score (nSPS) is 10.3. The van der Waals surface area contributed by atoms with Crippen LogP contribution in [0.25, 0.3) is 0 Å². The Morgan fingerprint density at radius 2 is 2.00 bits per heavy atom. The van der Waals surface area contributed by atoms with Gasteiger partial charge in [-0.1, -0.05) is 29.8 Å². The van der Waals surface area contributed by atoms with Crippen molar-refractivity contribution in [1.82, 2.24) is 0 Å². The van der Waals surface area contributed by atoms with E-state index >= 15 is 0 Å². The Labute approximate surface area is 122 Å². The summed E-state index contributed by atoms with van der Waals surface area (Å²) in [6.45, 7) is 0. The molecule has 0 spiro atoms. The molecule has 0 atom stereocenters. The number of ketones is 1. The SMILES string of the molecule is COc1cccc(CC(=O)Cc2ccc(F)cc2Cl)c1. The van der Waals surface area contributed by atoms with E-state index in [0.717, 1.165) is 11.3 Å². The molecule has 104 valence electrons. The van der Waals surface area contributed by atoms with Crippen molar-refractivity contribution in [2.75, 3.05) is 7.11 Å². The minimum absolute atomic E-state index is 0.0201. The Hall–Kier alpha value is -1.87. The van der Waals surface area contributed by atoms with E-state index in [0.29, 0.717) is 12.0 Å². The van der Waals surface area contributed by atoms with Gasteiger partial charge in [0.2, 0.25) is 0 Å². The Morgan fingerprint density at radius 1 is 1.20 bits per heavy atom. The predicted octanol–water partition coefficient (Wildman–Crippen LogP) is 3.84. The van der Waals surface area contributed by atoms with Crippen molar-refractivity contribution in [3.63, 3.8) is 0 Å². The van der Waals surface area contributed by atoms with Crippen LogP contribution in [0.4, 0.5) is 4.39 Å². The number of benzene rings is 2. The monoisotopic (exact) mass is 292 g/mol. The number of Topliss-reactive ketones (excluding diaryl/α,β-unsaturated/α-hetero) is 1. The fourth-order valence-electron chi connectivity index (χ4n) is 1.95. The lowest BCUT2D eigenvalue weighted by molar-refractivity contribution is -0.117. The van der Waals surface area contributed by atoms with E-state index < -0.39 is 5.82 Å². The van der Waals surface area contributed by atoms with E-state index in [4.69, 9.17) is 16.3 Å². The maximum atomic E-state index is 12.9. The third kappa shape index (κ3) is 3.81. The van der Waals surface area contributed by atoms with Gasteiger partial charge in [0.1, 0.15) is 17.3 Å². The van der Waals surface area contributed by atoms with Gasteiger partial charge in [-0.3, -0.25) is 4.79 Å². The molecule has 0 fully saturated rings. The zero-order chi connectivity index (χ0) is 14.5. The maximum Gasteiger partial charge on any atom is 0.141 e. The fraction of sp³-hybridized carbons (Fsp3) is 0.188. The second-order valence-electron chi connectivity index (χ2n) is 4.48. The first-order valence-electron chi connectivity index (χ1n) is 6.17. The van der Waals surface area contributed by atoms with E-state index in [1.54, 1.807) is 13.2 Å². The van der Waals surface area contributed by atoms with E-state index in [1.165, 1.54) is 12.1 Å². The number of methoxy groups -OCH3 is 1. The van der Waals surface area contributed by atoms with Crippen LogP contribution in [-0.2, 0) is 17.6 Å². The van der Waals surface area contributed by atoms with E-state index in [9.17, 15) is 9.18 Å². The molecule has 2 aromatic carbocycles. The number of rotatable bonds is 5. The van der Waals surface area contributed by atoms with Gasteiger partial charge in [-0.15, -0.1) is 0 Å². The molecule has 2 aromatic rings. The minimum atomic E-state index is -0.404. The molecule has 0 N–H and O–H groups in total. The molecule has 2 nitrogen and oxygen atoms in total. The highest BCUT2D eigenvalue weighted by Crippen LogP contribution is 2.19. The van der Waals surface area contributed by atoms with Crippen molar-refractivity contribution < 1.29 is 13.9 Å². The first-order valence-corrected chi connectivity index (χ1v) is 6.55. The molecule has 0 saturated heterocycles. The van der Waals surface area contributed by atoms with Crippen LogP contribution in [0.3, 0.4) is 0 Å². The van der Waals surface area contributed by atoms with Crippen LogP contribution in [0.15, 0.2) is 42.5 Å². The van der Waals surface area contributed by atoms with Gasteiger partial charge < -0.3 is 4.74 Å². The van der Waals surface area contributed by atoms with Crippen LogP contribution in [0, 0.1) is 5.82 Å². The highest BCUT2D eigenvalue weighted by Gasteiger charge is 2.09. The van der Waals surface area contributed by atoms with Gasteiger partial charge in [-0.25, -0.2) is 4.39 Å². The second kappa shape index (κ2) is 6.53. The van der Waals surface area contributed by atoms with Crippen LogP contribution in [0.5, 0.6) is 5.75 Å². The molecule has 20 heavy (non-hydrogen) atoms. The highest BCUT2D eigenvalue weighted by molar-refractivity contribution is 6.31. The number of carbonyl (C=O) groups is 1. The molecule has 2 rings (SSSR count). The van der Waals surface area contributed by atoms with E-state index in [2.05, 4.69) is 0 Å². The number of hydrogen-bond acceptors (Lipinski definition) is 2. The van der Waals surface area contributed by atoms with Crippen molar-refractivity contribution in [3.8, 4) is 5.75 Å². The summed E-state index contributed by atoms with van der Waals surface area (Å²) in [5.74, 6) is 0.334. The van der Waals surface area contributed by atoms with Gasteiger partial charge in [0.05, 0.1) is 7.11 Å². The molecular formula is C16H14ClFO2. The Balaban J connectivity index is 2.05. The summed E-state index contributed by atoms with van der Waals surface area (Å²) in [5.41, 5.74) is 1.52. The quantitative estimate of drug-likeness (QED) is 0.837. The first-order chi connectivity index (χ1) is 9.58. The zero-order valence-electron chi connectivity index (χ0n) is 11.0.